The molecule has 6 nitrogen and oxygen atoms in total. The number of nitrogens with one attached hydrogen (secondary N) is 1. The van der Waals surface area contributed by atoms with E-state index in [1.54, 1.807) is 4.90 Å². The van der Waals surface area contributed by atoms with Crippen LogP contribution < -0.4 is 5.32 Å². The molecular formula is C20H26N4O2. The van der Waals surface area contributed by atoms with Gasteiger partial charge in [0.15, 0.2) is 0 Å². The van der Waals surface area contributed by atoms with Gasteiger partial charge in [0.2, 0.25) is 5.91 Å². The zero-order valence-electron chi connectivity index (χ0n) is 15.4. The van der Waals surface area contributed by atoms with Crippen LogP contribution >= 0.6 is 0 Å². The highest BCUT2D eigenvalue weighted by Gasteiger charge is 2.18. The monoisotopic (exact) mass is 354 g/mol. The Labute approximate surface area is 154 Å². The SMILES string of the molecule is CCCCCN(CCC(=O)Nc1ccc(C)cc1)C(=O)c1cnccn1. The topological polar surface area (TPSA) is 75.2 Å². The zero-order chi connectivity index (χ0) is 18.8. The van der Waals surface area contributed by atoms with Gasteiger partial charge in [-0.15, -0.1) is 0 Å². The van der Waals surface area contributed by atoms with Gasteiger partial charge in [0, 0.05) is 37.6 Å². The van der Waals surface area contributed by atoms with E-state index in [1.165, 1.54) is 18.6 Å². The number of carbonyl (C=O) groups excluding carboxylic acids is 2. The van der Waals surface area contributed by atoms with Crippen molar-refractivity contribution in [2.45, 2.75) is 39.5 Å². The smallest absolute Gasteiger partial charge is 0.274 e. The van der Waals surface area contributed by atoms with E-state index >= 15 is 0 Å². The Hall–Kier alpha value is -2.76. The third-order valence-corrected chi connectivity index (χ3v) is 4.05. The molecule has 0 saturated heterocycles. The molecule has 0 aliphatic rings. The van der Waals surface area contributed by atoms with Crippen molar-refractivity contribution in [3.05, 3.63) is 54.1 Å². The van der Waals surface area contributed by atoms with Crippen LogP contribution in [0.15, 0.2) is 42.9 Å². The summed E-state index contributed by atoms with van der Waals surface area (Å²) in [4.78, 5) is 34.6. The van der Waals surface area contributed by atoms with Crippen LogP contribution in [-0.4, -0.2) is 39.8 Å². The standard InChI is InChI=1S/C20H26N4O2/c1-3-4-5-13-24(20(26)18-15-21-11-12-22-18)14-10-19(25)23-17-8-6-16(2)7-9-17/h6-9,11-12,15H,3-5,10,13-14H2,1-2H3,(H,23,25). The summed E-state index contributed by atoms with van der Waals surface area (Å²) in [5.41, 5.74) is 2.21. The van der Waals surface area contributed by atoms with Gasteiger partial charge in [-0.1, -0.05) is 37.5 Å². The largest absolute Gasteiger partial charge is 0.337 e. The van der Waals surface area contributed by atoms with Gasteiger partial charge < -0.3 is 10.2 Å². The Bertz CT molecular complexity index is 702. The summed E-state index contributed by atoms with van der Waals surface area (Å²) in [6.07, 6.45) is 7.76. The van der Waals surface area contributed by atoms with Crippen molar-refractivity contribution in [3.63, 3.8) is 0 Å². The first-order valence-corrected chi connectivity index (χ1v) is 9.02. The van der Waals surface area contributed by atoms with Gasteiger partial charge in [-0.05, 0) is 25.5 Å². The molecule has 0 unspecified atom stereocenters. The number of aromatic nitrogens is 2. The summed E-state index contributed by atoms with van der Waals surface area (Å²) in [6, 6.07) is 7.64. The molecule has 0 atom stereocenters. The van der Waals surface area contributed by atoms with E-state index in [0.29, 0.717) is 18.8 Å². The first-order valence-electron chi connectivity index (χ1n) is 9.02. The second-order valence-electron chi connectivity index (χ2n) is 6.25. The number of carbonyl (C=O) groups is 2. The lowest BCUT2D eigenvalue weighted by Crippen LogP contribution is -2.35. The highest BCUT2D eigenvalue weighted by Crippen LogP contribution is 2.10. The number of hydrogen-bond donors (Lipinski definition) is 1. The summed E-state index contributed by atoms with van der Waals surface area (Å²) in [6.45, 7) is 5.08. The van der Waals surface area contributed by atoms with Crippen LogP contribution in [-0.2, 0) is 4.79 Å². The molecule has 0 spiro atoms. The lowest BCUT2D eigenvalue weighted by molar-refractivity contribution is -0.116. The number of aryl methyl sites for hydroxylation is 1. The molecule has 138 valence electrons. The highest BCUT2D eigenvalue weighted by molar-refractivity contribution is 5.93. The minimum atomic E-state index is -0.183. The van der Waals surface area contributed by atoms with Crippen molar-refractivity contribution in [2.24, 2.45) is 0 Å². The number of anilines is 1. The third-order valence-electron chi connectivity index (χ3n) is 4.05. The molecule has 0 bridgehead atoms. The van der Waals surface area contributed by atoms with Crippen LogP contribution in [0, 0.1) is 6.92 Å². The van der Waals surface area contributed by atoms with Crippen molar-refractivity contribution < 1.29 is 9.59 Å². The fraction of sp³-hybridized carbons (Fsp3) is 0.400. The van der Waals surface area contributed by atoms with Gasteiger partial charge in [0.05, 0.1) is 6.20 Å². The van der Waals surface area contributed by atoms with E-state index in [1.807, 2.05) is 31.2 Å². The summed E-state index contributed by atoms with van der Waals surface area (Å²) >= 11 is 0. The maximum absolute atomic E-state index is 12.6. The molecular weight excluding hydrogens is 328 g/mol. The van der Waals surface area contributed by atoms with Crippen LogP contribution in [0.5, 0.6) is 0 Å². The van der Waals surface area contributed by atoms with Crippen LogP contribution in [0.25, 0.3) is 0 Å². The van der Waals surface area contributed by atoms with E-state index in [9.17, 15) is 9.59 Å². The summed E-state index contributed by atoms with van der Waals surface area (Å²) in [5, 5.41) is 2.87. The molecule has 0 saturated carbocycles. The summed E-state index contributed by atoms with van der Waals surface area (Å²) in [5.74, 6) is -0.293. The third kappa shape index (κ3) is 6.27. The van der Waals surface area contributed by atoms with E-state index in [2.05, 4.69) is 22.2 Å². The van der Waals surface area contributed by atoms with Crippen LogP contribution in [0.1, 0.15) is 48.7 Å². The molecule has 0 aliphatic heterocycles. The molecule has 6 heteroatoms. The minimum Gasteiger partial charge on any atom is -0.337 e. The molecule has 1 N–H and O–H groups in total. The maximum atomic E-state index is 12.6. The molecule has 26 heavy (non-hydrogen) atoms. The first kappa shape index (κ1) is 19.6. The molecule has 0 fully saturated rings. The first-order chi connectivity index (χ1) is 12.6. The lowest BCUT2D eigenvalue weighted by Gasteiger charge is -2.22. The van der Waals surface area contributed by atoms with Crippen LogP contribution in [0.3, 0.4) is 0 Å². The molecule has 2 amide bonds. The Morgan fingerprint density at radius 3 is 2.50 bits per heavy atom. The Kier molecular flexibility index (Phi) is 7.74. The van der Waals surface area contributed by atoms with Gasteiger partial charge in [-0.25, -0.2) is 4.98 Å². The number of nitrogens with zero attached hydrogens (tertiary/aromatic N) is 3. The average Bonchev–Trinajstić information content (AvgIpc) is 2.66. The molecule has 2 aromatic rings. The molecule has 0 aliphatic carbocycles. The maximum Gasteiger partial charge on any atom is 0.274 e. The van der Waals surface area contributed by atoms with Gasteiger partial charge in [-0.2, -0.15) is 0 Å². The fourth-order valence-electron chi connectivity index (χ4n) is 2.54. The number of unbranched alkanes of at least 4 members (excludes halogenated alkanes) is 2. The van der Waals surface area contributed by atoms with Crippen LogP contribution in [0.2, 0.25) is 0 Å². The van der Waals surface area contributed by atoms with E-state index in [0.717, 1.165) is 30.5 Å². The molecule has 1 aromatic carbocycles. The molecule has 2 rings (SSSR count). The molecule has 1 aromatic heterocycles. The lowest BCUT2D eigenvalue weighted by atomic mass is 10.2. The highest BCUT2D eigenvalue weighted by atomic mass is 16.2. The van der Waals surface area contributed by atoms with Gasteiger partial charge in [-0.3, -0.25) is 14.6 Å². The van der Waals surface area contributed by atoms with Crippen molar-refractivity contribution in [1.82, 2.24) is 14.9 Å². The molecule has 1 heterocycles. The predicted octanol–water partition coefficient (Wildman–Crippen LogP) is 3.45. The van der Waals surface area contributed by atoms with E-state index in [-0.39, 0.29) is 18.2 Å². The second-order valence-corrected chi connectivity index (χ2v) is 6.25. The summed E-state index contributed by atoms with van der Waals surface area (Å²) < 4.78 is 0. The quantitative estimate of drug-likeness (QED) is 0.700. The number of hydrogen-bond acceptors (Lipinski definition) is 4. The second kappa shape index (κ2) is 10.3. The van der Waals surface area contributed by atoms with Crippen molar-refractivity contribution in [3.8, 4) is 0 Å². The normalized spacial score (nSPS) is 10.4. The predicted molar refractivity (Wildman–Crippen MR) is 102 cm³/mol. The van der Waals surface area contributed by atoms with Crippen molar-refractivity contribution >= 4 is 17.5 Å². The van der Waals surface area contributed by atoms with E-state index in [4.69, 9.17) is 0 Å². The molecule has 0 radical (unpaired) electrons. The Balaban J connectivity index is 1.93. The summed E-state index contributed by atoms with van der Waals surface area (Å²) in [7, 11) is 0. The number of amides is 2. The minimum absolute atomic E-state index is 0.110. The van der Waals surface area contributed by atoms with Crippen molar-refractivity contribution in [1.29, 1.82) is 0 Å². The van der Waals surface area contributed by atoms with Gasteiger partial charge >= 0.3 is 0 Å². The average molecular weight is 354 g/mol. The van der Waals surface area contributed by atoms with Crippen molar-refractivity contribution in [2.75, 3.05) is 18.4 Å². The van der Waals surface area contributed by atoms with E-state index < -0.39 is 0 Å². The number of rotatable bonds is 9. The number of benzene rings is 1. The van der Waals surface area contributed by atoms with Gasteiger partial charge in [0.25, 0.3) is 5.91 Å². The van der Waals surface area contributed by atoms with Gasteiger partial charge in [0.1, 0.15) is 5.69 Å². The Morgan fingerprint density at radius 2 is 1.85 bits per heavy atom. The zero-order valence-corrected chi connectivity index (χ0v) is 15.4. The van der Waals surface area contributed by atoms with Crippen LogP contribution in [0.4, 0.5) is 5.69 Å². The Morgan fingerprint density at radius 1 is 1.08 bits per heavy atom. The fourth-order valence-corrected chi connectivity index (χ4v) is 2.54.